The van der Waals surface area contributed by atoms with Crippen molar-refractivity contribution in [2.24, 2.45) is 5.92 Å². The molecule has 114 valence electrons. The Labute approximate surface area is 139 Å². The Morgan fingerprint density at radius 3 is 2.43 bits per heavy atom. The quantitative estimate of drug-likeness (QED) is 0.862. The molecule has 1 N–H and O–H groups in total. The molecule has 0 saturated carbocycles. The molecule has 1 aliphatic heterocycles. The van der Waals surface area contributed by atoms with E-state index >= 15 is 0 Å². The van der Waals surface area contributed by atoms with E-state index in [2.05, 4.69) is 6.07 Å². The van der Waals surface area contributed by atoms with Crippen molar-refractivity contribution in [1.29, 1.82) is 10.7 Å². The molecule has 3 nitrogen and oxygen atoms in total. The minimum atomic E-state index is -0.557. The van der Waals surface area contributed by atoms with Crippen LogP contribution in [0, 0.1) is 29.6 Å². The zero-order chi connectivity index (χ0) is 16.4. The second-order valence-electron chi connectivity index (χ2n) is 5.62. The van der Waals surface area contributed by atoms with Crippen molar-refractivity contribution >= 4 is 22.6 Å². The molecule has 2 aromatic carbocycles. The second-order valence-corrected chi connectivity index (χ2v) is 6.81. The van der Waals surface area contributed by atoms with Crippen LogP contribution in [0.2, 0.25) is 0 Å². The average molecular weight is 320 g/mol. The number of aryl methyl sites for hydroxylation is 1. The third-order valence-corrected chi connectivity index (χ3v) is 5.49. The largest absolute Gasteiger partial charge is 0.297 e. The Morgan fingerprint density at radius 1 is 1.13 bits per heavy atom. The number of ketones is 1. The number of benzene rings is 2. The highest BCUT2D eigenvalue weighted by atomic mass is 32.2. The lowest BCUT2D eigenvalue weighted by Crippen LogP contribution is -2.25. The standard InChI is InChI=1S/C19H16N2OS/c1-12-7-5-6-10-14(12)16-15(11-20)19(21)23-18(16)17(22)13-8-3-2-4-9-13/h2-10,15-16,18,21H,1H3/t15?,16-,18-/m1/s1. The number of hydrogen-bond acceptors (Lipinski definition) is 4. The number of nitrogens with zero attached hydrogens (tertiary/aromatic N) is 1. The normalized spacial score (nSPS) is 23.5. The van der Waals surface area contributed by atoms with E-state index in [4.69, 9.17) is 5.41 Å². The van der Waals surface area contributed by atoms with Crippen LogP contribution >= 0.6 is 11.8 Å². The fourth-order valence-corrected chi connectivity index (χ4v) is 4.36. The van der Waals surface area contributed by atoms with E-state index in [1.54, 1.807) is 12.1 Å². The highest BCUT2D eigenvalue weighted by Gasteiger charge is 2.46. The molecule has 1 heterocycles. The summed E-state index contributed by atoms with van der Waals surface area (Å²) in [6.45, 7) is 1.99. The molecule has 0 aliphatic carbocycles. The second kappa shape index (κ2) is 6.39. The molecule has 4 heteroatoms. The van der Waals surface area contributed by atoms with Gasteiger partial charge in [-0.05, 0) is 18.1 Å². The highest BCUT2D eigenvalue weighted by Crippen LogP contribution is 2.47. The first kappa shape index (κ1) is 15.5. The molecule has 0 radical (unpaired) electrons. The van der Waals surface area contributed by atoms with E-state index in [-0.39, 0.29) is 16.7 Å². The topological polar surface area (TPSA) is 64.7 Å². The Balaban J connectivity index is 2.05. The number of carbonyl (C=O) groups excluding carboxylic acids is 1. The van der Waals surface area contributed by atoms with Gasteiger partial charge in [0, 0.05) is 11.5 Å². The first-order valence-electron chi connectivity index (χ1n) is 7.43. The van der Waals surface area contributed by atoms with E-state index in [9.17, 15) is 10.1 Å². The number of Topliss-reactive ketones (excluding diaryl/α,β-unsaturated/α-hetero) is 1. The van der Waals surface area contributed by atoms with E-state index in [0.717, 1.165) is 11.1 Å². The van der Waals surface area contributed by atoms with Gasteiger partial charge in [0.15, 0.2) is 5.78 Å². The van der Waals surface area contributed by atoms with Crippen LogP contribution in [0.25, 0.3) is 0 Å². The zero-order valence-electron chi connectivity index (χ0n) is 12.7. The van der Waals surface area contributed by atoms with Gasteiger partial charge in [-0.2, -0.15) is 5.26 Å². The summed E-state index contributed by atoms with van der Waals surface area (Å²) in [4.78, 5) is 12.9. The summed E-state index contributed by atoms with van der Waals surface area (Å²) in [5, 5.41) is 17.5. The number of nitriles is 1. The maximum atomic E-state index is 12.9. The van der Waals surface area contributed by atoms with Crippen LogP contribution in [0.1, 0.15) is 27.4 Å². The van der Waals surface area contributed by atoms with Crippen molar-refractivity contribution in [3.05, 3.63) is 71.3 Å². The molecule has 3 atom stereocenters. The maximum Gasteiger partial charge on any atom is 0.176 e. The molecule has 0 aromatic heterocycles. The Hall–Kier alpha value is -2.38. The Kier molecular flexibility index (Phi) is 4.31. The summed E-state index contributed by atoms with van der Waals surface area (Å²) in [5.41, 5.74) is 2.68. The number of hydrogen-bond donors (Lipinski definition) is 1. The average Bonchev–Trinajstić information content (AvgIpc) is 2.91. The van der Waals surface area contributed by atoms with Crippen molar-refractivity contribution < 1.29 is 4.79 Å². The van der Waals surface area contributed by atoms with Crippen LogP contribution in [-0.2, 0) is 0 Å². The van der Waals surface area contributed by atoms with E-state index in [1.165, 1.54) is 11.8 Å². The molecular weight excluding hydrogens is 304 g/mol. The number of thioether (sulfide) groups is 1. The summed E-state index contributed by atoms with van der Waals surface area (Å²) >= 11 is 1.22. The summed E-state index contributed by atoms with van der Waals surface area (Å²) in [6.07, 6.45) is 0. The number of nitrogens with one attached hydrogen (secondary N) is 1. The molecule has 1 aliphatic rings. The van der Waals surface area contributed by atoms with Crippen LogP contribution in [0.3, 0.4) is 0 Å². The monoisotopic (exact) mass is 320 g/mol. The number of rotatable bonds is 3. The molecule has 1 fully saturated rings. The number of carbonyl (C=O) groups is 1. The Bertz CT molecular complexity index is 795. The molecule has 1 unspecified atom stereocenters. The maximum absolute atomic E-state index is 12.9. The zero-order valence-corrected chi connectivity index (χ0v) is 13.5. The molecular formula is C19H16N2OS. The summed E-state index contributed by atoms with van der Waals surface area (Å²) in [7, 11) is 0. The third-order valence-electron chi connectivity index (χ3n) is 4.23. The summed E-state index contributed by atoms with van der Waals surface area (Å²) in [6, 6.07) is 19.2. The van der Waals surface area contributed by atoms with Gasteiger partial charge in [0.1, 0.15) is 5.92 Å². The van der Waals surface area contributed by atoms with Gasteiger partial charge >= 0.3 is 0 Å². The van der Waals surface area contributed by atoms with Crippen molar-refractivity contribution in [2.75, 3.05) is 0 Å². The molecule has 0 amide bonds. The van der Waals surface area contributed by atoms with Gasteiger partial charge in [0.2, 0.25) is 0 Å². The smallest absolute Gasteiger partial charge is 0.176 e. The van der Waals surface area contributed by atoms with Gasteiger partial charge < -0.3 is 0 Å². The predicted molar refractivity (Wildman–Crippen MR) is 92.9 cm³/mol. The fourth-order valence-electron chi connectivity index (χ4n) is 3.05. The van der Waals surface area contributed by atoms with Gasteiger partial charge in [0.05, 0.1) is 16.4 Å². The van der Waals surface area contributed by atoms with E-state index in [0.29, 0.717) is 5.56 Å². The van der Waals surface area contributed by atoms with E-state index in [1.807, 2.05) is 49.4 Å². The van der Waals surface area contributed by atoms with Crippen molar-refractivity contribution in [3.63, 3.8) is 0 Å². The first-order valence-corrected chi connectivity index (χ1v) is 8.31. The van der Waals surface area contributed by atoms with Crippen LogP contribution in [0.15, 0.2) is 54.6 Å². The van der Waals surface area contributed by atoms with Crippen LogP contribution < -0.4 is 0 Å². The van der Waals surface area contributed by atoms with Crippen LogP contribution in [0.5, 0.6) is 0 Å². The van der Waals surface area contributed by atoms with Crippen molar-refractivity contribution in [3.8, 4) is 6.07 Å². The lowest BCUT2D eigenvalue weighted by molar-refractivity contribution is 0.0980. The van der Waals surface area contributed by atoms with Crippen LogP contribution in [0.4, 0.5) is 0 Å². The SMILES string of the molecule is Cc1ccccc1[C@@H]1C(C#N)C(=N)S[C@H]1C(=O)c1ccccc1. The molecule has 2 aromatic rings. The van der Waals surface area contributed by atoms with Gasteiger partial charge in [0.25, 0.3) is 0 Å². The predicted octanol–water partition coefficient (Wildman–Crippen LogP) is 4.19. The van der Waals surface area contributed by atoms with E-state index < -0.39 is 11.2 Å². The molecule has 0 bridgehead atoms. The molecule has 23 heavy (non-hydrogen) atoms. The highest BCUT2D eigenvalue weighted by molar-refractivity contribution is 8.15. The van der Waals surface area contributed by atoms with Gasteiger partial charge in [-0.15, -0.1) is 0 Å². The van der Waals surface area contributed by atoms with Gasteiger partial charge in [-0.25, -0.2) is 0 Å². The van der Waals surface area contributed by atoms with Crippen molar-refractivity contribution in [2.45, 2.75) is 18.1 Å². The van der Waals surface area contributed by atoms with Gasteiger partial charge in [-0.1, -0.05) is 66.4 Å². The van der Waals surface area contributed by atoms with Crippen LogP contribution in [-0.4, -0.2) is 16.1 Å². The Morgan fingerprint density at radius 2 is 1.78 bits per heavy atom. The molecule has 3 rings (SSSR count). The third kappa shape index (κ3) is 2.80. The fraction of sp³-hybridized carbons (Fsp3) is 0.211. The lowest BCUT2D eigenvalue weighted by Gasteiger charge is -2.21. The lowest BCUT2D eigenvalue weighted by atomic mass is 9.81. The van der Waals surface area contributed by atoms with Crippen molar-refractivity contribution in [1.82, 2.24) is 0 Å². The molecule has 1 saturated heterocycles. The molecule has 0 spiro atoms. The minimum Gasteiger partial charge on any atom is -0.297 e. The first-order chi connectivity index (χ1) is 11.1. The minimum absolute atomic E-state index is 0.00801. The summed E-state index contributed by atoms with van der Waals surface area (Å²) in [5.74, 6) is -0.837. The van der Waals surface area contributed by atoms with Gasteiger partial charge in [-0.3, -0.25) is 10.2 Å². The summed E-state index contributed by atoms with van der Waals surface area (Å²) < 4.78 is 0.